The van der Waals surface area contributed by atoms with Gasteiger partial charge in [0, 0.05) is 29.2 Å². The van der Waals surface area contributed by atoms with Crippen LogP contribution >= 0.6 is 11.6 Å². The molecule has 42 heavy (non-hydrogen) atoms. The molecule has 13 heteroatoms. The summed E-state index contributed by atoms with van der Waals surface area (Å²) in [6.45, 7) is 2.64. The van der Waals surface area contributed by atoms with Crippen LogP contribution in [0.5, 0.6) is 5.75 Å². The first kappa shape index (κ1) is 29.9. The fraction of sp³-hybridized carbons (Fsp3) is 0.310. The van der Waals surface area contributed by atoms with E-state index in [0.29, 0.717) is 47.4 Å². The fourth-order valence-electron chi connectivity index (χ4n) is 4.89. The van der Waals surface area contributed by atoms with Crippen molar-refractivity contribution in [1.82, 2.24) is 14.9 Å². The van der Waals surface area contributed by atoms with Gasteiger partial charge in [0.1, 0.15) is 17.1 Å². The highest BCUT2D eigenvalue weighted by molar-refractivity contribution is 7.92. The van der Waals surface area contributed by atoms with Crippen LogP contribution in [-0.2, 0) is 16.4 Å². The molecule has 2 atom stereocenters. The summed E-state index contributed by atoms with van der Waals surface area (Å²) < 4.78 is 65.6. The molecule has 0 saturated carbocycles. The molecule has 0 fully saturated rings. The maximum absolute atomic E-state index is 15.9. The number of ether oxygens (including phenoxy) is 1. The van der Waals surface area contributed by atoms with Gasteiger partial charge in [-0.05, 0) is 86.9 Å². The number of methoxy groups -OCH3 is 1. The van der Waals surface area contributed by atoms with E-state index in [1.54, 1.807) is 0 Å². The summed E-state index contributed by atoms with van der Waals surface area (Å²) in [4.78, 5) is 10.7. The quantitative estimate of drug-likeness (QED) is 0.229. The molecule has 9 nitrogen and oxygen atoms in total. The number of anilines is 2. The standard InChI is InChI=1S/C29H30ClF2N5O4S/c1-15(37(2)3)13-33-29-34-14-17-9-16(10-24(41-4)28(17)35-29)26-21(31)6-7-22(27(26)32)36-42(39,40)25-12-18(30)11-20-19(25)5-8-23(20)38/h6-7,9-12,14-15,23,36,38H,5,8,13H2,1-4H3,(H,33,34,35)/t15?,23-/m1/s1. The van der Waals surface area contributed by atoms with Crippen molar-refractivity contribution in [2.75, 3.05) is 37.8 Å². The first-order valence-corrected chi connectivity index (χ1v) is 15.0. The van der Waals surface area contributed by atoms with E-state index in [1.807, 2.05) is 25.9 Å². The molecule has 0 amide bonds. The second-order valence-electron chi connectivity index (χ2n) is 10.4. The number of hydrogen-bond acceptors (Lipinski definition) is 8. The third kappa shape index (κ3) is 5.71. The molecule has 0 saturated heterocycles. The number of aliphatic hydroxyl groups is 1. The van der Waals surface area contributed by atoms with E-state index >= 15 is 8.78 Å². The van der Waals surface area contributed by atoms with Crippen LogP contribution in [0.3, 0.4) is 0 Å². The molecule has 1 aromatic heterocycles. The Morgan fingerprint density at radius 2 is 1.98 bits per heavy atom. The van der Waals surface area contributed by atoms with Crippen LogP contribution in [0.4, 0.5) is 20.4 Å². The first-order chi connectivity index (χ1) is 19.9. The Morgan fingerprint density at radius 1 is 1.21 bits per heavy atom. The minimum absolute atomic E-state index is 0.104. The van der Waals surface area contributed by atoms with Crippen molar-refractivity contribution in [1.29, 1.82) is 0 Å². The van der Waals surface area contributed by atoms with Gasteiger partial charge < -0.3 is 20.1 Å². The highest BCUT2D eigenvalue weighted by Crippen LogP contribution is 2.40. The molecular formula is C29H30ClF2N5O4S. The zero-order valence-corrected chi connectivity index (χ0v) is 24.9. The van der Waals surface area contributed by atoms with E-state index in [9.17, 15) is 13.5 Å². The average molecular weight is 618 g/mol. The number of rotatable bonds is 9. The van der Waals surface area contributed by atoms with Crippen LogP contribution in [0, 0.1) is 11.6 Å². The number of fused-ring (bicyclic) bond motifs is 2. The zero-order valence-electron chi connectivity index (χ0n) is 23.4. The number of benzene rings is 3. The van der Waals surface area contributed by atoms with Crippen LogP contribution in [0.25, 0.3) is 22.0 Å². The number of nitrogens with one attached hydrogen (secondary N) is 2. The summed E-state index contributed by atoms with van der Waals surface area (Å²) in [6, 6.07) is 7.93. The molecule has 0 radical (unpaired) electrons. The maximum Gasteiger partial charge on any atom is 0.262 e. The van der Waals surface area contributed by atoms with E-state index in [0.717, 1.165) is 12.1 Å². The molecule has 0 spiro atoms. The van der Waals surface area contributed by atoms with E-state index in [1.165, 1.54) is 37.6 Å². The van der Waals surface area contributed by atoms with Crippen LogP contribution in [0.1, 0.15) is 30.6 Å². The van der Waals surface area contributed by atoms with Crippen LogP contribution < -0.4 is 14.8 Å². The van der Waals surface area contributed by atoms with Gasteiger partial charge >= 0.3 is 0 Å². The topological polar surface area (TPSA) is 117 Å². The second-order valence-corrected chi connectivity index (χ2v) is 12.5. The smallest absolute Gasteiger partial charge is 0.262 e. The summed E-state index contributed by atoms with van der Waals surface area (Å²) in [6.07, 6.45) is 1.33. The number of sulfonamides is 1. The predicted octanol–water partition coefficient (Wildman–Crippen LogP) is 5.38. The van der Waals surface area contributed by atoms with Gasteiger partial charge in [-0.2, -0.15) is 0 Å². The third-order valence-electron chi connectivity index (χ3n) is 7.45. The summed E-state index contributed by atoms with van der Waals surface area (Å²) in [5.41, 5.74) is 0.456. The Labute approximate surface area is 247 Å². The van der Waals surface area contributed by atoms with Gasteiger partial charge in [-0.3, -0.25) is 4.72 Å². The number of halogens is 3. The van der Waals surface area contributed by atoms with Crippen LogP contribution in [0.15, 0.2) is 47.5 Å². The Kier molecular flexibility index (Phi) is 8.26. The molecule has 1 aliphatic rings. The van der Waals surface area contributed by atoms with Gasteiger partial charge in [-0.1, -0.05) is 11.6 Å². The minimum Gasteiger partial charge on any atom is -0.494 e. The molecule has 222 valence electrons. The van der Waals surface area contributed by atoms with Crippen molar-refractivity contribution >= 4 is 44.2 Å². The average Bonchev–Trinajstić information content (AvgIpc) is 3.32. The lowest BCUT2D eigenvalue weighted by molar-refractivity contribution is 0.180. The highest BCUT2D eigenvalue weighted by Gasteiger charge is 2.30. The summed E-state index contributed by atoms with van der Waals surface area (Å²) >= 11 is 6.14. The fourth-order valence-corrected chi connectivity index (χ4v) is 6.56. The van der Waals surface area contributed by atoms with E-state index < -0.39 is 39.0 Å². The van der Waals surface area contributed by atoms with Crippen molar-refractivity contribution in [3.8, 4) is 16.9 Å². The number of aromatic nitrogens is 2. The number of nitrogens with zero attached hydrogens (tertiary/aromatic N) is 3. The van der Waals surface area contributed by atoms with Gasteiger partial charge in [0.15, 0.2) is 5.82 Å². The summed E-state index contributed by atoms with van der Waals surface area (Å²) in [5, 5.41) is 14.0. The lowest BCUT2D eigenvalue weighted by Gasteiger charge is -2.20. The van der Waals surface area contributed by atoms with Crippen molar-refractivity contribution in [3.05, 3.63) is 70.4 Å². The van der Waals surface area contributed by atoms with Gasteiger partial charge in [0.25, 0.3) is 10.0 Å². The highest BCUT2D eigenvalue weighted by atomic mass is 35.5. The minimum atomic E-state index is -4.35. The van der Waals surface area contributed by atoms with Crippen molar-refractivity contribution in [2.24, 2.45) is 0 Å². The normalized spacial score (nSPS) is 15.6. The van der Waals surface area contributed by atoms with Gasteiger partial charge in [-0.25, -0.2) is 27.2 Å². The van der Waals surface area contributed by atoms with E-state index in [4.69, 9.17) is 16.3 Å². The van der Waals surface area contributed by atoms with Crippen molar-refractivity contribution in [2.45, 2.75) is 36.8 Å². The van der Waals surface area contributed by atoms with Crippen LogP contribution in [-0.4, -0.2) is 62.2 Å². The van der Waals surface area contributed by atoms with Gasteiger partial charge in [-0.15, -0.1) is 0 Å². The molecule has 0 aliphatic heterocycles. The number of likely N-dealkylation sites (N-methyl/N-ethyl adjacent to an activating group) is 1. The zero-order chi connectivity index (χ0) is 30.3. The molecule has 4 aromatic rings. The summed E-state index contributed by atoms with van der Waals surface area (Å²) in [7, 11) is 0.991. The summed E-state index contributed by atoms with van der Waals surface area (Å²) in [5.74, 6) is -1.39. The van der Waals surface area contributed by atoms with Crippen LogP contribution in [0.2, 0.25) is 5.02 Å². The molecular weight excluding hydrogens is 588 g/mol. The molecule has 5 rings (SSSR count). The monoisotopic (exact) mass is 617 g/mol. The SMILES string of the molecule is COc1cc(-c2c(F)ccc(NS(=O)(=O)c3cc(Cl)cc4c3CC[C@H]4O)c2F)cc2cnc(NCC(C)N(C)C)nc12. The van der Waals surface area contributed by atoms with Gasteiger partial charge in [0.2, 0.25) is 5.95 Å². The molecule has 3 N–H and O–H groups in total. The Balaban J connectivity index is 1.52. The van der Waals surface area contributed by atoms with Crippen molar-refractivity contribution in [3.63, 3.8) is 0 Å². The number of hydrogen-bond donors (Lipinski definition) is 3. The largest absolute Gasteiger partial charge is 0.494 e. The second kappa shape index (κ2) is 11.6. The Bertz CT molecular complexity index is 1790. The lowest BCUT2D eigenvalue weighted by atomic mass is 10.0. The third-order valence-corrected chi connectivity index (χ3v) is 9.10. The molecule has 3 aromatic carbocycles. The molecule has 1 heterocycles. The maximum atomic E-state index is 15.9. The molecule has 0 bridgehead atoms. The van der Waals surface area contributed by atoms with Crippen molar-refractivity contribution < 1.29 is 27.0 Å². The van der Waals surface area contributed by atoms with E-state index in [2.05, 4.69) is 20.0 Å². The number of aliphatic hydroxyl groups excluding tert-OH is 1. The molecule has 1 aliphatic carbocycles. The van der Waals surface area contributed by atoms with E-state index in [-0.39, 0.29) is 27.3 Å². The van der Waals surface area contributed by atoms with Gasteiger partial charge in [0.05, 0.1) is 29.4 Å². The first-order valence-electron chi connectivity index (χ1n) is 13.2. The predicted molar refractivity (Wildman–Crippen MR) is 159 cm³/mol. The Morgan fingerprint density at radius 3 is 2.69 bits per heavy atom. The molecule has 1 unspecified atom stereocenters. The Hall–Kier alpha value is -3.58. The lowest BCUT2D eigenvalue weighted by Crippen LogP contribution is -2.31.